The van der Waals surface area contributed by atoms with Gasteiger partial charge < -0.3 is 24.4 Å². The molecule has 4 rings (SSSR count). The topological polar surface area (TPSA) is 139 Å². The molecule has 0 radical (unpaired) electrons. The van der Waals surface area contributed by atoms with E-state index >= 15 is 0 Å². The summed E-state index contributed by atoms with van der Waals surface area (Å²) in [6.45, 7) is 5.84. The van der Waals surface area contributed by atoms with E-state index in [-0.39, 0.29) is 37.5 Å². The van der Waals surface area contributed by atoms with E-state index in [9.17, 15) is 14.7 Å². The van der Waals surface area contributed by atoms with Crippen LogP contribution in [-0.2, 0) is 19.1 Å². The Kier molecular flexibility index (Phi) is 11.2. The number of carbonyl (C=O) groups excluding carboxylic acids is 2. The molecule has 1 aliphatic heterocycles. The summed E-state index contributed by atoms with van der Waals surface area (Å²) in [6.07, 6.45) is 2.13. The average molecular weight is 661 g/mol. The molecule has 2 aromatic rings. The molecule has 234 valence electrons. The Labute approximate surface area is 261 Å². The number of nitrogens with one attached hydrogen (secondary N) is 2. The first kappa shape index (κ1) is 32.9. The molecule has 10 nitrogen and oxygen atoms in total. The number of rotatable bonds is 12. The highest BCUT2D eigenvalue weighted by Gasteiger charge is 2.53. The van der Waals surface area contributed by atoms with Crippen molar-refractivity contribution in [3.8, 4) is 5.75 Å². The summed E-state index contributed by atoms with van der Waals surface area (Å²) in [6, 6.07) is 14.7. The molecule has 0 bridgehead atoms. The quantitative estimate of drug-likeness (QED) is 0.148. The maximum atomic E-state index is 14.2. The molecule has 1 aliphatic carbocycles. The molecule has 0 spiro atoms. The van der Waals surface area contributed by atoms with Crippen molar-refractivity contribution in [3.05, 3.63) is 64.1 Å². The minimum absolute atomic E-state index is 0.00513. The van der Waals surface area contributed by atoms with Gasteiger partial charge in [0.25, 0.3) is 5.91 Å². The third-order valence-corrected chi connectivity index (χ3v) is 7.95. The Hall–Kier alpha value is -2.99. The van der Waals surface area contributed by atoms with Crippen molar-refractivity contribution in [3.63, 3.8) is 0 Å². The lowest BCUT2D eigenvalue weighted by Crippen LogP contribution is -2.55. The molecule has 0 aromatic heterocycles. The number of aliphatic hydroxyl groups is 2. The Balaban J connectivity index is 1.67. The minimum Gasteiger partial charge on any atom is -0.494 e. The molecular weight excluding hydrogens is 618 g/mol. The van der Waals surface area contributed by atoms with Crippen LogP contribution in [0.4, 0.5) is 0 Å². The summed E-state index contributed by atoms with van der Waals surface area (Å²) in [5.41, 5.74) is 5.24. The van der Waals surface area contributed by atoms with Gasteiger partial charge in [-0.3, -0.25) is 15.0 Å². The van der Waals surface area contributed by atoms with E-state index in [0.717, 1.165) is 22.9 Å². The summed E-state index contributed by atoms with van der Waals surface area (Å²) in [7, 11) is 0. The standard InChI is InChI=1S/C32H42BrN3O7/c1-31(2,3)43-27(39)17-18-32(30(40)36-35-24-11-13-25(38)14-12-24)28(21-5-9-23(33)10-6-21)42-29(34-32)22-7-15-26(16-8-22)41-20-4-19-37/h5-10,15-16,24-25,28,35,37-38H,4,11-14,17-20H2,1-3H3,(H,36,40)/t24?,25?,28-,32-/m0/s1. The van der Waals surface area contributed by atoms with Crippen molar-refractivity contribution in [2.24, 2.45) is 4.99 Å². The van der Waals surface area contributed by atoms with Gasteiger partial charge >= 0.3 is 5.97 Å². The lowest BCUT2D eigenvalue weighted by molar-refractivity contribution is -0.155. The molecule has 1 fully saturated rings. The zero-order chi connectivity index (χ0) is 31.0. The van der Waals surface area contributed by atoms with Crippen molar-refractivity contribution in [1.82, 2.24) is 10.9 Å². The molecule has 0 saturated heterocycles. The molecule has 4 N–H and O–H groups in total. The molecule has 2 atom stereocenters. The number of ether oxygens (including phenoxy) is 3. The Bertz CT molecular complexity index is 1260. The van der Waals surface area contributed by atoms with Crippen LogP contribution in [-0.4, -0.2) is 64.5 Å². The zero-order valence-electron chi connectivity index (χ0n) is 25.0. The van der Waals surface area contributed by atoms with Crippen LogP contribution in [0.5, 0.6) is 5.75 Å². The fourth-order valence-electron chi connectivity index (χ4n) is 5.19. The van der Waals surface area contributed by atoms with Gasteiger partial charge in [0.1, 0.15) is 11.4 Å². The number of carbonyl (C=O) groups is 2. The van der Waals surface area contributed by atoms with Gasteiger partial charge in [0.2, 0.25) is 5.90 Å². The van der Waals surface area contributed by atoms with Crippen LogP contribution in [0.25, 0.3) is 0 Å². The van der Waals surface area contributed by atoms with E-state index in [1.807, 2.05) is 24.3 Å². The number of aliphatic hydroxyl groups excluding tert-OH is 2. The normalized spacial score (nSPS) is 23.7. The number of benzene rings is 2. The Morgan fingerprint density at radius 2 is 1.74 bits per heavy atom. The molecule has 2 aliphatic rings. The predicted molar refractivity (Wildman–Crippen MR) is 165 cm³/mol. The van der Waals surface area contributed by atoms with Gasteiger partial charge in [-0.15, -0.1) is 0 Å². The van der Waals surface area contributed by atoms with Crippen molar-refractivity contribution >= 4 is 33.7 Å². The fourth-order valence-corrected chi connectivity index (χ4v) is 5.45. The first-order valence-corrected chi connectivity index (χ1v) is 15.6. The minimum atomic E-state index is -1.49. The van der Waals surface area contributed by atoms with E-state index in [1.165, 1.54) is 0 Å². The third-order valence-electron chi connectivity index (χ3n) is 7.42. The predicted octanol–water partition coefficient (Wildman–Crippen LogP) is 4.51. The number of halogens is 1. The smallest absolute Gasteiger partial charge is 0.306 e. The van der Waals surface area contributed by atoms with Gasteiger partial charge in [0.15, 0.2) is 11.6 Å². The summed E-state index contributed by atoms with van der Waals surface area (Å²) in [4.78, 5) is 32.0. The van der Waals surface area contributed by atoms with Crippen LogP contribution in [0.1, 0.15) is 82.9 Å². The maximum absolute atomic E-state index is 14.2. The van der Waals surface area contributed by atoms with Gasteiger partial charge in [0.05, 0.1) is 12.7 Å². The monoisotopic (exact) mass is 659 g/mol. The van der Waals surface area contributed by atoms with E-state index < -0.39 is 29.1 Å². The second kappa shape index (κ2) is 14.7. The molecule has 1 amide bonds. The van der Waals surface area contributed by atoms with Crippen LogP contribution in [0.15, 0.2) is 58.0 Å². The SMILES string of the molecule is CC(C)(C)OC(=O)CC[C@]1(C(=O)NNC2CCC(O)CC2)N=C(c2ccc(OCCCO)cc2)O[C@H]1c1ccc(Br)cc1. The van der Waals surface area contributed by atoms with Crippen LogP contribution in [0.2, 0.25) is 0 Å². The number of aliphatic imine (C=N–C) groups is 1. The Morgan fingerprint density at radius 1 is 1.07 bits per heavy atom. The zero-order valence-corrected chi connectivity index (χ0v) is 26.6. The number of hydrazine groups is 1. The second-order valence-electron chi connectivity index (χ2n) is 12.0. The lowest BCUT2D eigenvalue weighted by Gasteiger charge is -2.32. The lowest BCUT2D eigenvalue weighted by atomic mass is 9.83. The molecular formula is C32H42BrN3O7. The van der Waals surface area contributed by atoms with Crippen LogP contribution in [0, 0.1) is 0 Å². The van der Waals surface area contributed by atoms with Crippen LogP contribution in [0.3, 0.4) is 0 Å². The highest BCUT2D eigenvalue weighted by Crippen LogP contribution is 2.43. The number of hydrogen-bond acceptors (Lipinski definition) is 9. The van der Waals surface area contributed by atoms with Crippen molar-refractivity contribution in [2.45, 2.75) is 95.1 Å². The molecule has 43 heavy (non-hydrogen) atoms. The summed E-state index contributed by atoms with van der Waals surface area (Å²) < 4.78 is 18.6. The van der Waals surface area contributed by atoms with Gasteiger partial charge in [-0.1, -0.05) is 28.1 Å². The second-order valence-corrected chi connectivity index (χ2v) is 12.9. The highest BCUT2D eigenvalue weighted by molar-refractivity contribution is 9.10. The molecule has 0 unspecified atom stereocenters. The highest BCUT2D eigenvalue weighted by atomic mass is 79.9. The van der Waals surface area contributed by atoms with Crippen molar-refractivity contribution in [2.75, 3.05) is 13.2 Å². The number of amides is 1. The van der Waals surface area contributed by atoms with Crippen molar-refractivity contribution in [1.29, 1.82) is 0 Å². The summed E-state index contributed by atoms with van der Waals surface area (Å²) in [5, 5.41) is 18.9. The largest absolute Gasteiger partial charge is 0.494 e. The molecule has 11 heteroatoms. The van der Waals surface area contributed by atoms with Crippen LogP contribution < -0.4 is 15.6 Å². The third kappa shape index (κ3) is 9.01. The van der Waals surface area contributed by atoms with Gasteiger partial charge in [-0.2, -0.15) is 0 Å². The molecule has 1 saturated carbocycles. The summed E-state index contributed by atoms with van der Waals surface area (Å²) in [5.74, 6) is 0.0523. The maximum Gasteiger partial charge on any atom is 0.306 e. The van der Waals surface area contributed by atoms with Gasteiger partial charge in [-0.25, -0.2) is 10.4 Å². The van der Waals surface area contributed by atoms with E-state index in [4.69, 9.17) is 24.3 Å². The fraction of sp³-hybridized carbons (Fsp3) is 0.531. The van der Waals surface area contributed by atoms with E-state index in [1.54, 1.807) is 45.0 Å². The van der Waals surface area contributed by atoms with Crippen LogP contribution >= 0.6 is 15.9 Å². The first-order valence-electron chi connectivity index (χ1n) is 14.8. The van der Waals surface area contributed by atoms with Gasteiger partial charge in [0, 0.05) is 35.5 Å². The van der Waals surface area contributed by atoms with E-state index in [2.05, 4.69) is 26.8 Å². The van der Waals surface area contributed by atoms with E-state index in [0.29, 0.717) is 37.2 Å². The number of nitrogens with zero attached hydrogens (tertiary/aromatic N) is 1. The van der Waals surface area contributed by atoms with Gasteiger partial charge in [-0.05, 0) is 94.8 Å². The molecule has 2 aromatic carbocycles. The summed E-state index contributed by atoms with van der Waals surface area (Å²) >= 11 is 3.48. The Morgan fingerprint density at radius 3 is 2.37 bits per heavy atom. The first-order chi connectivity index (χ1) is 20.5. The average Bonchev–Trinajstić information content (AvgIpc) is 3.36. The van der Waals surface area contributed by atoms with Crippen molar-refractivity contribution < 1.29 is 34.0 Å². The number of esters is 1. The molecule has 1 heterocycles. The number of hydrogen-bond donors (Lipinski definition) is 4.